The van der Waals surface area contributed by atoms with Gasteiger partial charge in [-0.2, -0.15) is 0 Å². The molecule has 0 aliphatic rings. The van der Waals surface area contributed by atoms with Gasteiger partial charge in [0.15, 0.2) is 0 Å². The second-order valence-corrected chi connectivity index (χ2v) is 9.37. The Hall–Kier alpha value is -3.52. The Kier molecular flexibility index (Phi) is 7.95. The van der Waals surface area contributed by atoms with E-state index in [2.05, 4.69) is 5.32 Å². The molecule has 3 rings (SSSR count). The number of para-hydroxylation sites is 1. The Labute approximate surface area is 195 Å². The molecule has 0 saturated heterocycles. The number of benzene rings is 3. The Morgan fingerprint density at radius 1 is 0.939 bits per heavy atom. The minimum atomic E-state index is -4.03. The van der Waals surface area contributed by atoms with Crippen molar-refractivity contribution >= 4 is 21.6 Å². The van der Waals surface area contributed by atoms with Crippen LogP contribution in [0.25, 0.3) is 0 Å². The molecule has 3 aromatic rings. The minimum absolute atomic E-state index is 0.0943. The van der Waals surface area contributed by atoms with Gasteiger partial charge in [0.1, 0.15) is 24.7 Å². The number of hydrogen-bond acceptors (Lipinski definition) is 5. The van der Waals surface area contributed by atoms with E-state index in [9.17, 15) is 13.2 Å². The zero-order chi connectivity index (χ0) is 23.8. The number of nitrogens with zero attached hydrogens (tertiary/aromatic N) is 1. The third-order valence-electron chi connectivity index (χ3n) is 4.94. The summed E-state index contributed by atoms with van der Waals surface area (Å²) in [7, 11) is -2.56. The van der Waals surface area contributed by atoms with Crippen LogP contribution < -0.4 is 19.1 Å². The predicted molar refractivity (Wildman–Crippen MR) is 128 cm³/mol. The molecule has 8 heteroatoms. The summed E-state index contributed by atoms with van der Waals surface area (Å²) >= 11 is 0. The van der Waals surface area contributed by atoms with Crippen molar-refractivity contribution in [2.24, 2.45) is 0 Å². The van der Waals surface area contributed by atoms with E-state index in [1.165, 1.54) is 19.2 Å². The Bertz CT molecular complexity index is 1180. The maximum absolute atomic E-state index is 13.5. The van der Waals surface area contributed by atoms with Gasteiger partial charge in [0.2, 0.25) is 5.91 Å². The van der Waals surface area contributed by atoms with Gasteiger partial charge in [-0.05, 0) is 55.8 Å². The number of aryl methyl sites for hydroxylation is 2. The molecule has 0 saturated carbocycles. The standard InChI is InChI=1S/C25H28N2O5S/c1-19-9-12-22(13-10-19)33(29,30)27(23-17-20(2)11-14-24(23)31-3)18-25(28)26-15-16-32-21-7-5-4-6-8-21/h4-14,17H,15-16,18H2,1-3H3,(H,26,28). The lowest BCUT2D eigenvalue weighted by Crippen LogP contribution is -2.42. The molecule has 1 amide bonds. The molecule has 0 heterocycles. The quantitative estimate of drug-likeness (QED) is 0.459. The monoisotopic (exact) mass is 468 g/mol. The van der Waals surface area contributed by atoms with Crippen molar-refractivity contribution in [1.29, 1.82) is 0 Å². The predicted octanol–water partition coefficient (Wildman–Crippen LogP) is 3.70. The van der Waals surface area contributed by atoms with E-state index in [-0.39, 0.29) is 18.0 Å². The van der Waals surface area contributed by atoms with E-state index in [0.29, 0.717) is 17.2 Å². The first-order valence-corrected chi connectivity index (χ1v) is 11.9. The highest BCUT2D eigenvalue weighted by molar-refractivity contribution is 7.92. The number of amides is 1. The van der Waals surface area contributed by atoms with Crippen LogP contribution in [0.2, 0.25) is 0 Å². The van der Waals surface area contributed by atoms with Gasteiger partial charge in [-0.3, -0.25) is 9.10 Å². The third-order valence-corrected chi connectivity index (χ3v) is 6.71. The molecule has 7 nitrogen and oxygen atoms in total. The van der Waals surface area contributed by atoms with Crippen LogP contribution in [0.15, 0.2) is 77.7 Å². The second kappa shape index (κ2) is 10.9. The summed E-state index contributed by atoms with van der Waals surface area (Å²) in [5.41, 5.74) is 2.07. The summed E-state index contributed by atoms with van der Waals surface area (Å²) in [6, 6.07) is 21.0. The van der Waals surface area contributed by atoms with E-state index < -0.39 is 22.5 Å². The van der Waals surface area contributed by atoms with E-state index in [1.807, 2.05) is 50.2 Å². The van der Waals surface area contributed by atoms with Crippen molar-refractivity contribution in [3.8, 4) is 11.5 Å². The number of methoxy groups -OCH3 is 1. The fourth-order valence-corrected chi connectivity index (χ4v) is 4.62. The number of hydrogen-bond donors (Lipinski definition) is 1. The number of carbonyl (C=O) groups is 1. The van der Waals surface area contributed by atoms with Crippen molar-refractivity contribution in [3.63, 3.8) is 0 Å². The number of ether oxygens (including phenoxy) is 2. The largest absolute Gasteiger partial charge is 0.495 e. The summed E-state index contributed by atoms with van der Waals surface area (Å²) in [6.07, 6.45) is 0. The van der Waals surface area contributed by atoms with E-state index in [0.717, 1.165) is 15.4 Å². The lowest BCUT2D eigenvalue weighted by molar-refractivity contribution is -0.119. The number of rotatable bonds is 10. The summed E-state index contributed by atoms with van der Waals surface area (Å²) in [4.78, 5) is 12.8. The molecule has 0 radical (unpaired) electrons. The van der Waals surface area contributed by atoms with Crippen LogP contribution in [0.3, 0.4) is 0 Å². The van der Waals surface area contributed by atoms with Gasteiger partial charge >= 0.3 is 0 Å². The Morgan fingerprint density at radius 2 is 1.61 bits per heavy atom. The van der Waals surface area contributed by atoms with Crippen LogP contribution in [-0.4, -0.2) is 41.1 Å². The molecule has 0 fully saturated rings. The molecule has 33 heavy (non-hydrogen) atoms. The van der Waals surface area contributed by atoms with Gasteiger partial charge in [-0.15, -0.1) is 0 Å². The van der Waals surface area contributed by atoms with Crippen LogP contribution in [0.4, 0.5) is 5.69 Å². The zero-order valence-corrected chi connectivity index (χ0v) is 19.8. The van der Waals surface area contributed by atoms with Gasteiger partial charge < -0.3 is 14.8 Å². The van der Waals surface area contributed by atoms with Crippen LogP contribution in [0.5, 0.6) is 11.5 Å². The van der Waals surface area contributed by atoms with Crippen molar-refractivity contribution in [2.75, 3.05) is 31.1 Å². The summed E-state index contributed by atoms with van der Waals surface area (Å²) in [5, 5.41) is 2.73. The highest BCUT2D eigenvalue weighted by Gasteiger charge is 2.29. The average molecular weight is 469 g/mol. The molecule has 0 atom stereocenters. The molecule has 0 spiro atoms. The molecule has 0 bridgehead atoms. The molecular formula is C25H28N2O5S. The van der Waals surface area contributed by atoms with Gasteiger partial charge in [0, 0.05) is 0 Å². The first kappa shape index (κ1) is 24.1. The van der Waals surface area contributed by atoms with Crippen molar-refractivity contribution in [2.45, 2.75) is 18.7 Å². The molecule has 174 valence electrons. The lowest BCUT2D eigenvalue weighted by atomic mass is 10.2. The SMILES string of the molecule is COc1ccc(C)cc1N(CC(=O)NCCOc1ccccc1)S(=O)(=O)c1ccc(C)cc1. The first-order valence-electron chi connectivity index (χ1n) is 10.5. The van der Waals surface area contributed by atoms with Gasteiger partial charge in [-0.1, -0.05) is 42.0 Å². The van der Waals surface area contributed by atoms with Gasteiger partial charge in [0.25, 0.3) is 10.0 Å². The molecule has 0 aliphatic carbocycles. The second-order valence-electron chi connectivity index (χ2n) is 7.51. The maximum Gasteiger partial charge on any atom is 0.264 e. The van der Waals surface area contributed by atoms with Crippen molar-refractivity contribution in [3.05, 3.63) is 83.9 Å². The fourth-order valence-electron chi connectivity index (χ4n) is 3.19. The smallest absolute Gasteiger partial charge is 0.264 e. The number of carbonyl (C=O) groups excluding carboxylic acids is 1. The van der Waals surface area contributed by atoms with Crippen molar-refractivity contribution < 1.29 is 22.7 Å². The first-order chi connectivity index (χ1) is 15.8. The Morgan fingerprint density at radius 3 is 2.27 bits per heavy atom. The highest BCUT2D eigenvalue weighted by Crippen LogP contribution is 2.33. The number of sulfonamides is 1. The normalized spacial score (nSPS) is 11.0. The molecular weight excluding hydrogens is 440 g/mol. The molecule has 0 unspecified atom stereocenters. The molecule has 3 aromatic carbocycles. The topological polar surface area (TPSA) is 84.9 Å². The number of nitrogens with one attached hydrogen (secondary N) is 1. The van der Waals surface area contributed by atoms with E-state index in [1.54, 1.807) is 24.3 Å². The van der Waals surface area contributed by atoms with Crippen LogP contribution >= 0.6 is 0 Å². The van der Waals surface area contributed by atoms with Crippen LogP contribution in [0, 0.1) is 13.8 Å². The molecule has 0 aliphatic heterocycles. The number of anilines is 1. The molecule has 1 N–H and O–H groups in total. The summed E-state index contributed by atoms with van der Waals surface area (Å²) in [6.45, 7) is 3.82. The third kappa shape index (κ3) is 6.26. The highest BCUT2D eigenvalue weighted by atomic mass is 32.2. The maximum atomic E-state index is 13.5. The Balaban J connectivity index is 1.81. The van der Waals surface area contributed by atoms with Crippen LogP contribution in [-0.2, 0) is 14.8 Å². The van der Waals surface area contributed by atoms with E-state index in [4.69, 9.17) is 9.47 Å². The van der Waals surface area contributed by atoms with Crippen LogP contribution in [0.1, 0.15) is 11.1 Å². The fraction of sp³-hybridized carbons (Fsp3) is 0.240. The lowest BCUT2D eigenvalue weighted by Gasteiger charge is -2.26. The zero-order valence-electron chi connectivity index (χ0n) is 18.9. The average Bonchev–Trinajstić information content (AvgIpc) is 2.81. The van der Waals surface area contributed by atoms with Crippen molar-refractivity contribution in [1.82, 2.24) is 5.32 Å². The van der Waals surface area contributed by atoms with Gasteiger partial charge in [-0.25, -0.2) is 8.42 Å². The molecule has 0 aromatic heterocycles. The summed E-state index contributed by atoms with van der Waals surface area (Å²) in [5.74, 6) is 0.599. The van der Waals surface area contributed by atoms with Gasteiger partial charge in [0.05, 0.1) is 24.2 Å². The summed E-state index contributed by atoms with van der Waals surface area (Å²) < 4.78 is 39.1. The van der Waals surface area contributed by atoms with E-state index >= 15 is 0 Å². The minimum Gasteiger partial charge on any atom is -0.495 e.